The molecule has 1 aliphatic heterocycles. The van der Waals surface area contributed by atoms with Crippen LogP contribution in [0.1, 0.15) is 26.2 Å². The highest BCUT2D eigenvalue weighted by molar-refractivity contribution is 7.88. The van der Waals surface area contributed by atoms with Crippen LogP contribution in [0.25, 0.3) is 0 Å². The van der Waals surface area contributed by atoms with Gasteiger partial charge in [0.15, 0.2) is 0 Å². The molecule has 0 radical (unpaired) electrons. The van der Waals surface area contributed by atoms with E-state index < -0.39 is 10.0 Å². The van der Waals surface area contributed by atoms with Crippen LogP contribution in [0.15, 0.2) is 0 Å². The second-order valence-corrected chi connectivity index (χ2v) is 5.79. The second-order valence-electron chi connectivity index (χ2n) is 3.85. The van der Waals surface area contributed by atoms with Crippen molar-refractivity contribution in [2.45, 2.75) is 32.2 Å². The van der Waals surface area contributed by atoms with Gasteiger partial charge in [-0.1, -0.05) is 6.92 Å². The molecule has 1 rings (SSSR count). The van der Waals surface area contributed by atoms with Crippen molar-refractivity contribution in [1.29, 1.82) is 0 Å². The molecule has 0 aromatic rings. The predicted molar refractivity (Wildman–Crippen MR) is 65.0 cm³/mol. The van der Waals surface area contributed by atoms with Gasteiger partial charge in [0.05, 0.1) is 6.26 Å². The molecule has 92 valence electrons. The molecule has 0 aromatic heterocycles. The van der Waals surface area contributed by atoms with Crippen LogP contribution in [0, 0.1) is 0 Å². The van der Waals surface area contributed by atoms with Crippen molar-refractivity contribution in [2.24, 2.45) is 0 Å². The summed E-state index contributed by atoms with van der Waals surface area (Å²) in [6.45, 7) is 4.53. The zero-order valence-electron chi connectivity index (χ0n) is 9.40. The summed E-state index contributed by atoms with van der Waals surface area (Å²) in [5.41, 5.74) is 0. The molecule has 0 unspecified atom stereocenters. The summed E-state index contributed by atoms with van der Waals surface area (Å²) in [7, 11) is -3.02. The average molecular weight is 257 g/mol. The average Bonchev–Trinajstić information content (AvgIpc) is 2.14. The Bertz CT molecular complexity index is 263. The van der Waals surface area contributed by atoms with E-state index in [1.54, 1.807) is 4.31 Å². The van der Waals surface area contributed by atoms with E-state index >= 15 is 0 Å². The number of hydrogen-bond acceptors (Lipinski definition) is 3. The molecule has 0 aromatic carbocycles. The molecule has 6 heteroatoms. The minimum absolute atomic E-state index is 0. The van der Waals surface area contributed by atoms with Crippen molar-refractivity contribution in [3.05, 3.63) is 0 Å². The van der Waals surface area contributed by atoms with Gasteiger partial charge in [-0.3, -0.25) is 0 Å². The molecule has 4 nitrogen and oxygen atoms in total. The number of sulfonamides is 1. The van der Waals surface area contributed by atoms with Crippen LogP contribution >= 0.6 is 12.4 Å². The maximum absolute atomic E-state index is 11.5. The van der Waals surface area contributed by atoms with Crippen molar-refractivity contribution in [2.75, 3.05) is 25.9 Å². The number of halogens is 1. The Morgan fingerprint density at radius 2 is 1.87 bits per heavy atom. The molecule has 0 spiro atoms. The first-order chi connectivity index (χ1) is 6.55. The van der Waals surface area contributed by atoms with Crippen molar-refractivity contribution < 1.29 is 8.42 Å². The van der Waals surface area contributed by atoms with Gasteiger partial charge in [-0.25, -0.2) is 8.42 Å². The van der Waals surface area contributed by atoms with Gasteiger partial charge >= 0.3 is 0 Å². The fourth-order valence-corrected chi connectivity index (χ4v) is 3.20. The molecule has 1 N–H and O–H groups in total. The molecular weight excluding hydrogens is 236 g/mol. The summed E-state index contributed by atoms with van der Waals surface area (Å²) in [4.78, 5) is 0. The van der Waals surface area contributed by atoms with Gasteiger partial charge in [0.25, 0.3) is 0 Å². The molecule has 0 aliphatic carbocycles. The minimum Gasteiger partial charge on any atom is -0.317 e. The smallest absolute Gasteiger partial charge is 0.211 e. The lowest BCUT2D eigenvalue weighted by Gasteiger charge is -2.32. The molecule has 1 fully saturated rings. The van der Waals surface area contributed by atoms with E-state index in [1.165, 1.54) is 6.26 Å². The van der Waals surface area contributed by atoms with Gasteiger partial charge in [-0.2, -0.15) is 4.31 Å². The molecule has 0 amide bonds. The second kappa shape index (κ2) is 6.68. The summed E-state index contributed by atoms with van der Waals surface area (Å²) >= 11 is 0. The molecule has 0 saturated carbocycles. The van der Waals surface area contributed by atoms with E-state index in [4.69, 9.17) is 0 Å². The predicted octanol–water partition coefficient (Wildman–Crippen LogP) is 0.832. The quantitative estimate of drug-likeness (QED) is 0.811. The van der Waals surface area contributed by atoms with E-state index in [0.29, 0.717) is 6.54 Å². The third-order valence-electron chi connectivity index (χ3n) is 2.59. The first kappa shape index (κ1) is 15.2. The summed E-state index contributed by atoms with van der Waals surface area (Å²) in [6, 6.07) is 0.214. The van der Waals surface area contributed by atoms with E-state index in [9.17, 15) is 8.42 Å². The van der Waals surface area contributed by atoms with Gasteiger partial charge in [-0.05, 0) is 32.4 Å². The maximum Gasteiger partial charge on any atom is 0.211 e. The zero-order chi connectivity index (χ0) is 10.6. The lowest BCUT2D eigenvalue weighted by Crippen LogP contribution is -2.45. The highest BCUT2D eigenvalue weighted by atomic mass is 35.5. The van der Waals surface area contributed by atoms with Crippen LogP contribution in [0.3, 0.4) is 0 Å². The Kier molecular flexibility index (Phi) is 6.75. The third-order valence-corrected chi connectivity index (χ3v) is 3.92. The van der Waals surface area contributed by atoms with Crippen LogP contribution in [0.2, 0.25) is 0 Å². The van der Waals surface area contributed by atoms with E-state index in [0.717, 1.165) is 32.4 Å². The fourth-order valence-electron chi connectivity index (χ4n) is 1.93. The molecule has 0 bridgehead atoms. The van der Waals surface area contributed by atoms with Gasteiger partial charge < -0.3 is 5.32 Å². The van der Waals surface area contributed by atoms with Gasteiger partial charge in [-0.15, -0.1) is 12.4 Å². The lowest BCUT2D eigenvalue weighted by molar-refractivity contribution is 0.264. The molecule has 1 aliphatic rings. The van der Waals surface area contributed by atoms with Crippen LogP contribution < -0.4 is 5.32 Å². The van der Waals surface area contributed by atoms with Gasteiger partial charge in [0, 0.05) is 12.6 Å². The Balaban J connectivity index is 0.00000196. The SMILES string of the molecule is CCCN(C1CCNCC1)S(C)(=O)=O.Cl. The minimum atomic E-state index is -3.02. The highest BCUT2D eigenvalue weighted by Gasteiger charge is 2.26. The number of nitrogens with zero attached hydrogens (tertiary/aromatic N) is 1. The number of nitrogens with one attached hydrogen (secondary N) is 1. The largest absolute Gasteiger partial charge is 0.317 e. The van der Waals surface area contributed by atoms with Gasteiger partial charge in [0.1, 0.15) is 0 Å². The summed E-state index contributed by atoms with van der Waals surface area (Å²) in [5, 5.41) is 3.24. The van der Waals surface area contributed by atoms with Crippen molar-refractivity contribution in [1.82, 2.24) is 9.62 Å². The summed E-state index contributed by atoms with van der Waals surface area (Å²) < 4.78 is 24.7. The number of hydrogen-bond donors (Lipinski definition) is 1. The van der Waals surface area contributed by atoms with Gasteiger partial charge in [0.2, 0.25) is 10.0 Å². The van der Waals surface area contributed by atoms with Crippen LogP contribution in [-0.4, -0.2) is 44.7 Å². The normalized spacial score (nSPS) is 18.9. The maximum atomic E-state index is 11.5. The Morgan fingerprint density at radius 3 is 2.27 bits per heavy atom. The first-order valence-corrected chi connectivity index (χ1v) is 7.08. The van der Waals surface area contributed by atoms with E-state index in [-0.39, 0.29) is 18.4 Å². The monoisotopic (exact) mass is 256 g/mol. The van der Waals surface area contributed by atoms with Crippen LogP contribution in [0.4, 0.5) is 0 Å². The van der Waals surface area contributed by atoms with Crippen LogP contribution in [-0.2, 0) is 10.0 Å². The van der Waals surface area contributed by atoms with Crippen molar-refractivity contribution in [3.63, 3.8) is 0 Å². The number of piperidine rings is 1. The molecular formula is C9H21ClN2O2S. The molecule has 0 atom stereocenters. The highest BCUT2D eigenvalue weighted by Crippen LogP contribution is 2.15. The zero-order valence-corrected chi connectivity index (χ0v) is 11.0. The van der Waals surface area contributed by atoms with E-state index in [1.807, 2.05) is 6.92 Å². The van der Waals surface area contributed by atoms with Crippen molar-refractivity contribution in [3.8, 4) is 0 Å². The molecule has 1 saturated heterocycles. The molecule has 1 heterocycles. The topological polar surface area (TPSA) is 49.4 Å². The van der Waals surface area contributed by atoms with E-state index in [2.05, 4.69) is 5.32 Å². The van der Waals surface area contributed by atoms with Crippen LogP contribution in [0.5, 0.6) is 0 Å². The van der Waals surface area contributed by atoms with Crippen molar-refractivity contribution >= 4 is 22.4 Å². The Labute approximate surface area is 98.9 Å². The Morgan fingerprint density at radius 1 is 1.33 bits per heavy atom. The standard InChI is InChI=1S/C9H20N2O2S.ClH/c1-3-8-11(14(2,12)13)9-4-6-10-7-5-9;/h9-10H,3-8H2,1-2H3;1H. The third kappa shape index (κ3) is 4.68. The number of rotatable bonds is 4. The first-order valence-electron chi connectivity index (χ1n) is 5.23. The summed E-state index contributed by atoms with van der Waals surface area (Å²) in [5.74, 6) is 0. The fraction of sp³-hybridized carbons (Fsp3) is 1.00. The Hall–Kier alpha value is 0.160. The lowest BCUT2D eigenvalue weighted by atomic mass is 10.1. The summed E-state index contributed by atoms with van der Waals surface area (Å²) in [6.07, 6.45) is 4.07. The molecule has 15 heavy (non-hydrogen) atoms.